The second-order valence-corrected chi connectivity index (χ2v) is 6.73. The van der Waals surface area contributed by atoms with Gasteiger partial charge >= 0.3 is 5.97 Å². The van der Waals surface area contributed by atoms with Crippen LogP contribution in [0.4, 0.5) is 4.39 Å². The van der Waals surface area contributed by atoms with E-state index in [0.717, 1.165) is 0 Å². The third kappa shape index (κ3) is 3.75. The second-order valence-electron chi connectivity index (χ2n) is 6.73. The number of ether oxygens (including phenoxy) is 2. The van der Waals surface area contributed by atoms with Crippen LogP contribution in [-0.4, -0.2) is 57.6 Å². The van der Waals surface area contributed by atoms with Gasteiger partial charge in [0.25, 0.3) is 0 Å². The highest BCUT2D eigenvalue weighted by atomic mass is 19.1. The molecule has 1 fully saturated rings. The number of amides is 1. The lowest BCUT2D eigenvalue weighted by atomic mass is 10.2. The number of esters is 1. The number of aromatic nitrogens is 3. The summed E-state index contributed by atoms with van der Waals surface area (Å²) in [5, 5.41) is 8.05. The Hall–Kier alpha value is -3.49. The third-order valence-corrected chi connectivity index (χ3v) is 4.89. The third-order valence-electron chi connectivity index (χ3n) is 4.89. The molecular weight excluding hydrogens is 379 g/mol. The number of hydrogen-bond donors (Lipinski definition) is 0. The molecule has 0 spiro atoms. The Morgan fingerprint density at radius 3 is 2.72 bits per heavy atom. The number of rotatable bonds is 5. The molecule has 9 heteroatoms. The molecule has 0 saturated carbocycles. The predicted molar refractivity (Wildman–Crippen MR) is 100 cm³/mol. The summed E-state index contributed by atoms with van der Waals surface area (Å²) in [6.45, 7) is 0.0555. The molecule has 4 rings (SSSR count). The molecule has 8 nitrogen and oxygen atoms in total. The van der Waals surface area contributed by atoms with Crippen LogP contribution in [0, 0.1) is 5.82 Å². The zero-order valence-electron chi connectivity index (χ0n) is 15.7. The van der Waals surface area contributed by atoms with Crippen LogP contribution >= 0.6 is 0 Å². The molecule has 0 bridgehead atoms. The van der Waals surface area contributed by atoms with Crippen LogP contribution in [0.15, 0.2) is 48.5 Å². The van der Waals surface area contributed by atoms with Crippen molar-refractivity contribution >= 4 is 22.9 Å². The first-order valence-electron chi connectivity index (χ1n) is 9.13. The summed E-state index contributed by atoms with van der Waals surface area (Å²) in [6.07, 6.45) is -0.322. The number of fused-ring (bicyclic) bond motifs is 1. The maximum absolute atomic E-state index is 13.9. The summed E-state index contributed by atoms with van der Waals surface area (Å²) in [5.74, 6) is -1.28. The fourth-order valence-electron chi connectivity index (χ4n) is 3.49. The Bertz CT molecular complexity index is 1050. The van der Waals surface area contributed by atoms with Gasteiger partial charge in [0, 0.05) is 6.42 Å². The summed E-state index contributed by atoms with van der Waals surface area (Å²) >= 11 is 0. The standard InChI is InChI=1S/C20H19FN4O4/c1-28-20(27)17-10-13(29-18-9-5-2-6-14(18)21)11-24(17)19(26)12-25-16-8-4-3-7-15(16)22-23-25/h2-9,13,17H,10-12H2,1H3. The van der Waals surface area contributed by atoms with E-state index >= 15 is 0 Å². The Morgan fingerprint density at radius 2 is 1.93 bits per heavy atom. The number of para-hydroxylation sites is 2. The molecule has 1 aliphatic heterocycles. The summed E-state index contributed by atoms with van der Waals surface area (Å²) in [4.78, 5) is 26.6. The maximum atomic E-state index is 13.9. The van der Waals surface area contributed by atoms with Crippen molar-refractivity contribution in [1.29, 1.82) is 0 Å². The molecule has 1 aliphatic rings. The van der Waals surface area contributed by atoms with Gasteiger partial charge in [-0.3, -0.25) is 4.79 Å². The molecule has 0 N–H and O–H groups in total. The molecule has 2 heterocycles. The minimum atomic E-state index is -0.806. The van der Waals surface area contributed by atoms with Gasteiger partial charge in [-0.25, -0.2) is 13.9 Å². The van der Waals surface area contributed by atoms with Crippen LogP contribution in [0.25, 0.3) is 11.0 Å². The van der Waals surface area contributed by atoms with Gasteiger partial charge in [-0.15, -0.1) is 5.10 Å². The van der Waals surface area contributed by atoms with Crippen LogP contribution < -0.4 is 4.74 Å². The largest absolute Gasteiger partial charge is 0.485 e. The summed E-state index contributed by atoms with van der Waals surface area (Å²) < 4.78 is 25.9. The van der Waals surface area contributed by atoms with Crippen molar-refractivity contribution in [3.05, 3.63) is 54.3 Å². The highest BCUT2D eigenvalue weighted by molar-refractivity contribution is 5.86. The first kappa shape index (κ1) is 18.9. The van der Waals surface area contributed by atoms with Crippen LogP contribution in [-0.2, 0) is 20.9 Å². The van der Waals surface area contributed by atoms with E-state index in [1.165, 1.54) is 28.8 Å². The maximum Gasteiger partial charge on any atom is 0.328 e. The number of halogens is 1. The summed E-state index contributed by atoms with van der Waals surface area (Å²) in [7, 11) is 1.26. The Labute approximate surface area is 165 Å². The molecule has 29 heavy (non-hydrogen) atoms. The molecule has 2 unspecified atom stereocenters. The lowest BCUT2D eigenvalue weighted by Crippen LogP contribution is -2.43. The number of nitrogens with zero attached hydrogens (tertiary/aromatic N) is 4. The lowest BCUT2D eigenvalue weighted by Gasteiger charge is -2.22. The number of likely N-dealkylation sites (tertiary alicyclic amines) is 1. The van der Waals surface area contributed by atoms with E-state index in [9.17, 15) is 14.0 Å². The monoisotopic (exact) mass is 398 g/mol. The van der Waals surface area contributed by atoms with E-state index in [4.69, 9.17) is 9.47 Å². The molecule has 1 aromatic heterocycles. The molecule has 0 radical (unpaired) electrons. The first-order chi connectivity index (χ1) is 14.1. The van der Waals surface area contributed by atoms with E-state index in [-0.39, 0.29) is 31.2 Å². The first-order valence-corrected chi connectivity index (χ1v) is 9.13. The minimum absolute atomic E-state index is 0.0812. The van der Waals surface area contributed by atoms with E-state index in [1.807, 2.05) is 18.2 Å². The van der Waals surface area contributed by atoms with Gasteiger partial charge in [0.05, 0.1) is 19.2 Å². The minimum Gasteiger partial charge on any atom is -0.485 e. The quantitative estimate of drug-likeness (QED) is 0.609. The molecule has 0 aliphatic carbocycles. The van der Waals surface area contributed by atoms with Gasteiger partial charge in [0.1, 0.15) is 24.2 Å². The van der Waals surface area contributed by atoms with E-state index in [2.05, 4.69) is 10.3 Å². The number of benzene rings is 2. The van der Waals surface area contributed by atoms with Crippen molar-refractivity contribution in [3.63, 3.8) is 0 Å². The predicted octanol–water partition coefficient (Wildman–Crippen LogP) is 1.79. The van der Waals surface area contributed by atoms with Gasteiger partial charge in [-0.05, 0) is 24.3 Å². The Kier molecular flexibility index (Phi) is 5.11. The molecule has 2 atom stereocenters. The average Bonchev–Trinajstić information content (AvgIpc) is 3.34. The zero-order chi connectivity index (χ0) is 20.4. The van der Waals surface area contributed by atoms with Crippen molar-refractivity contribution in [1.82, 2.24) is 19.9 Å². The molecule has 150 valence electrons. The highest BCUT2D eigenvalue weighted by Crippen LogP contribution is 2.26. The SMILES string of the molecule is COC(=O)C1CC(Oc2ccccc2F)CN1C(=O)Cn1nnc2ccccc21. The number of carbonyl (C=O) groups is 2. The average molecular weight is 398 g/mol. The number of hydrogen-bond acceptors (Lipinski definition) is 6. The lowest BCUT2D eigenvalue weighted by molar-refractivity contribution is -0.151. The van der Waals surface area contributed by atoms with Crippen LogP contribution in [0.3, 0.4) is 0 Å². The highest BCUT2D eigenvalue weighted by Gasteiger charge is 2.41. The zero-order valence-corrected chi connectivity index (χ0v) is 15.7. The Balaban J connectivity index is 1.52. The van der Waals surface area contributed by atoms with Crippen LogP contribution in [0.2, 0.25) is 0 Å². The molecule has 2 aromatic carbocycles. The Morgan fingerprint density at radius 1 is 1.17 bits per heavy atom. The number of carbonyl (C=O) groups excluding carboxylic acids is 2. The molecular formula is C20H19FN4O4. The fourth-order valence-corrected chi connectivity index (χ4v) is 3.49. The van der Waals surface area contributed by atoms with Crippen molar-refractivity contribution in [2.75, 3.05) is 13.7 Å². The van der Waals surface area contributed by atoms with Crippen molar-refractivity contribution in [2.45, 2.75) is 25.1 Å². The van der Waals surface area contributed by atoms with Crippen molar-refractivity contribution in [2.24, 2.45) is 0 Å². The van der Waals surface area contributed by atoms with Crippen LogP contribution in [0.1, 0.15) is 6.42 Å². The molecule has 1 saturated heterocycles. The van der Waals surface area contributed by atoms with Gasteiger partial charge in [0.15, 0.2) is 11.6 Å². The van der Waals surface area contributed by atoms with E-state index in [0.29, 0.717) is 11.0 Å². The van der Waals surface area contributed by atoms with Crippen molar-refractivity contribution < 1.29 is 23.5 Å². The van der Waals surface area contributed by atoms with Gasteiger partial charge in [-0.1, -0.05) is 29.5 Å². The summed E-state index contributed by atoms with van der Waals surface area (Å²) in [6, 6.07) is 12.5. The second kappa shape index (κ2) is 7.86. The van der Waals surface area contributed by atoms with Crippen molar-refractivity contribution in [3.8, 4) is 5.75 Å². The topological polar surface area (TPSA) is 86.5 Å². The van der Waals surface area contributed by atoms with Gasteiger partial charge in [-0.2, -0.15) is 0 Å². The molecule has 1 amide bonds. The fraction of sp³-hybridized carbons (Fsp3) is 0.300. The van der Waals surface area contributed by atoms with E-state index in [1.54, 1.807) is 18.2 Å². The smallest absolute Gasteiger partial charge is 0.328 e. The molecule has 3 aromatic rings. The van der Waals surface area contributed by atoms with E-state index < -0.39 is 23.9 Å². The summed E-state index contributed by atoms with van der Waals surface area (Å²) in [5.41, 5.74) is 1.39. The normalized spacial score (nSPS) is 18.8. The van der Waals surface area contributed by atoms with Gasteiger partial charge < -0.3 is 14.4 Å². The van der Waals surface area contributed by atoms with Crippen LogP contribution in [0.5, 0.6) is 5.75 Å². The van der Waals surface area contributed by atoms with Gasteiger partial charge in [0.2, 0.25) is 5.91 Å². The number of methoxy groups -OCH3 is 1.